The standard InChI is InChI=1S/C75H146O17P2/c1-7-10-12-14-16-17-18-19-20-26-29-32-35-39-46-52-58-73(78)86-64-70(91-74(79)59-53-47-40-36-33-30-27-24-22-21-23-25-28-31-34-38-43-49-55-67(4)5)65-89-93(81,82)87-61-69(76)62-88-94(83,84)90-66-71(63-85-72(77)57-51-45-37-15-13-11-8-2)92-75(80)60-54-48-42-41-44-50-56-68(6)9-3/h67-71,76H,7-66H2,1-6H3,(H,81,82)(H,83,84)/t68?,69-,70-,71-/m1/s1. The lowest BCUT2D eigenvalue weighted by Crippen LogP contribution is -2.30. The monoisotopic (exact) mass is 1380 g/mol. The molecule has 0 bridgehead atoms. The SMILES string of the molecule is CCCCCCCCCCCCCCCCCCC(=O)OC[C@H](COP(=O)(O)OC[C@@H](O)COP(=O)(O)OC[C@@H](COC(=O)CCCCCCCCC)OC(=O)CCCCCCCCC(C)CC)OC(=O)CCCCCCCCCCCCCCCCCCCCC(C)C. The highest BCUT2D eigenvalue weighted by atomic mass is 31.2. The van der Waals surface area contributed by atoms with Crippen molar-refractivity contribution in [3.63, 3.8) is 0 Å². The summed E-state index contributed by atoms with van der Waals surface area (Å²) in [5, 5.41) is 10.6. The van der Waals surface area contributed by atoms with E-state index in [1.54, 1.807) is 0 Å². The van der Waals surface area contributed by atoms with Crippen molar-refractivity contribution in [3.8, 4) is 0 Å². The van der Waals surface area contributed by atoms with Crippen LogP contribution in [0.4, 0.5) is 0 Å². The number of hydrogen-bond donors (Lipinski definition) is 3. The number of rotatable bonds is 74. The number of phosphoric acid groups is 2. The fourth-order valence-electron chi connectivity index (χ4n) is 11.4. The molecule has 0 fully saturated rings. The van der Waals surface area contributed by atoms with Crippen LogP contribution in [0.1, 0.15) is 388 Å². The van der Waals surface area contributed by atoms with Crippen LogP contribution >= 0.6 is 15.6 Å². The van der Waals surface area contributed by atoms with E-state index >= 15 is 0 Å². The zero-order valence-electron chi connectivity index (χ0n) is 61.3. The Kier molecular flexibility index (Phi) is 65.5. The molecule has 0 rings (SSSR count). The molecule has 0 aromatic carbocycles. The number of carbonyl (C=O) groups excluding carboxylic acids is 4. The summed E-state index contributed by atoms with van der Waals surface area (Å²) in [5.41, 5.74) is 0. The van der Waals surface area contributed by atoms with Gasteiger partial charge in [0.2, 0.25) is 0 Å². The number of carbonyl (C=O) groups is 4. The summed E-state index contributed by atoms with van der Waals surface area (Å²) < 4.78 is 68.3. The first kappa shape index (κ1) is 92.1. The Morgan fingerprint density at radius 3 is 0.809 bits per heavy atom. The second-order valence-electron chi connectivity index (χ2n) is 27.8. The zero-order chi connectivity index (χ0) is 69.3. The quantitative estimate of drug-likeness (QED) is 0.0222. The molecule has 3 N–H and O–H groups in total. The summed E-state index contributed by atoms with van der Waals surface area (Å²) in [7, 11) is -9.90. The normalized spacial score (nSPS) is 14.3. The molecule has 558 valence electrons. The third kappa shape index (κ3) is 67.3. The predicted molar refractivity (Wildman–Crippen MR) is 381 cm³/mol. The second kappa shape index (κ2) is 66.9. The lowest BCUT2D eigenvalue weighted by molar-refractivity contribution is -0.161. The van der Waals surface area contributed by atoms with Crippen molar-refractivity contribution >= 4 is 39.5 Å². The van der Waals surface area contributed by atoms with E-state index in [-0.39, 0.29) is 25.7 Å². The average molecular weight is 1380 g/mol. The topological polar surface area (TPSA) is 237 Å². The van der Waals surface area contributed by atoms with Gasteiger partial charge in [0, 0.05) is 25.7 Å². The number of ether oxygens (including phenoxy) is 4. The van der Waals surface area contributed by atoms with Gasteiger partial charge in [0.15, 0.2) is 12.2 Å². The van der Waals surface area contributed by atoms with Crippen molar-refractivity contribution in [1.29, 1.82) is 0 Å². The van der Waals surface area contributed by atoms with Gasteiger partial charge in [0.25, 0.3) is 0 Å². The van der Waals surface area contributed by atoms with Gasteiger partial charge >= 0.3 is 39.5 Å². The zero-order valence-corrected chi connectivity index (χ0v) is 63.1. The maximum absolute atomic E-state index is 13.1. The molecule has 6 atom stereocenters. The smallest absolute Gasteiger partial charge is 0.462 e. The van der Waals surface area contributed by atoms with Crippen LogP contribution in [-0.4, -0.2) is 96.7 Å². The van der Waals surface area contributed by atoms with Crippen LogP contribution in [0.5, 0.6) is 0 Å². The summed E-state index contributed by atoms with van der Waals surface area (Å²) in [4.78, 5) is 72.6. The predicted octanol–water partition coefficient (Wildman–Crippen LogP) is 21.9. The number of aliphatic hydroxyl groups excluding tert-OH is 1. The Bertz CT molecular complexity index is 1820. The third-order valence-electron chi connectivity index (χ3n) is 17.8. The van der Waals surface area contributed by atoms with Crippen LogP contribution in [0.15, 0.2) is 0 Å². The molecule has 0 aliphatic carbocycles. The minimum Gasteiger partial charge on any atom is -0.462 e. The summed E-state index contributed by atoms with van der Waals surface area (Å²) in [6, 6.07) is 0. The van der Waals surface area contributed by atoms with Gasteiger partial charge in [-0.05, 0) is 37.5 Å². The molecule has 0 saturated heterocycles. The van der Waals surface area contributed by atoms with Gasteiger partial charge in [-0.1, -0.05) is 337 Å². The minimum atomic E-state index is -4.96. The lowest BCUT2D eigenvalue weighted by Gasteiger charge is -2.21. The lowest BCUT2D eigenvalue weighted by atomic mass is 10.00. The molecule has 0 aromatic rings. The first-order valence-electron chi connectivity index (χ1n) is 39.0. The van der Waals surface area contributed by atoms with E-state index in [9.17, 15) is 43.2 Å². The number of hydrogen-bond acceptors (Lipinski definition) is 15. The maximum Gasteiger partial charge on any atom is 0.472 e. The van der Waals surface area contributed by atoms with Gasteiger partial charge in [-0.15, -0.1) is 0 Å². The number of esters is 4. The highest BCUT2D eigenvalue weighted by molar-refractivity contribution is 7.47. The number of phosphoric ester groups is 2. The van der Waals surface area contributed by atoms with Crippen molar-refractivity contribution in [2.24, 2.45) is 11.8 Å². The molecule has 0 heterocycles. The van der Waals surface area contributed by atoms with Crippen LogP contribution in [0.2, 0.25) is 0 Å². The summed E-state index contributed by atoms with van der Waals surface area (Å²) in [6.45, 7) is 9.53. The van der Waals surface area contributed by atoms with Crippen LogP contribution < -0.4 is 0 Å². The van der Waals surface area contributed by atoms with Crippen molar-refractivity contribution in [3.05, 3.63) is 0 Å². The minimum absolute atomic E-state index is 0.103. The Balaban J connectivity index is 5.16. The van der Waals surface area contributed by atoms with Crippen molar-refractivity contribution in [1.82, 2.24) is 0 Å². The fraction of sp³-hybridized carbons (Fsp3) is 0.947. The van der Waals surface area contributed by atoms with E-state index < -0.39 is 97.5 Å². The molecule has 94 heavy (non-hydrogen) atoms. The van der Waals surface area contributed by atoms with Crippen molar-refractivity contribution in [2.75, 3.05) is 39.6 Å². The second-order valence-corrected chi connectivity index (χ2v) is 30.7. The fourth-order valence-corrected chi connectivity index (χ4v) is 13.0. The number of aliphatic hydroxyl groups is 1. The van der Waals surface area contributed by atoms with Gasteiger partial charge in [-0.25, -0.2) is 9.13 Å². The van der Waals surface area contributed by atoms with Gasteiger partial charge in [-0.2, -0.15) is 0 Å². The van der Waals surface area contributed by atoms with Crippen LogP contribution in [-0.2, 0) is 65.4 Å². The molecular formula is C75H146O17P2. The van der Waals surface area contributed by atoms with E-state index in [1.807, 2.05) is 0 Å². The van der Waals surface area contributed by atoms with Gasteiger partial charge < -0.3 is 33.8 Å². The maximum atomic E-state index is 13.1. The number of unbranched alkanes of at least 4 members (excludes halogenated alkanes) is 43. The van der Waals surface area contributed by atoms with E-state index in [0.29, 0.717) is 25.7 Å². The molecular weight excluding hydrogens is 1230 g/mol. The van der Waals surface area contributed by atoms with Crippen molar-refractivity contribution < 1.29 is 80.2 Å². The largest absolute Gasteiger partial charge is 0.472 e. The van der Waals surface area contributed by atoms with E-state index in [1.165, 1.54) is 193 Å². The highest BCUT2D eigenvalue weighted by Gasteiger charge is 2.30. The van der Waals surface area contributed by atoms with Gasteiger partial charge in [0.05, 0.1) is 26.4 Å². The summed E-state index contributed by atoms with van der Waals surface area (Å²) >= 11 is 0. The van der Waals surface area contributed by atoms with E-state index in [4.69, 9.17) is 37.0 Å². The molecule has 0 aromatic heterocycles. The molecule has 0 spiro atoms. The molecule has 19 heteroatoms. The molecule has 0 saturated carbocycles. The van der Waals surface area contributed by atoms with E-state index in [2.05, 4.69) is 41.5 Å². The van der Waals surface area contributed by atoms with Gasteiger partial charge in [-0.3, -0.25) is 37.3 Å². The Labute approximate surface area is 575 Å². The third-order valence-corrected chi connectivity index (χ3v) is 19.7. The van der Waals surface area contributed by atoms with Crippen LogP contribution in [0.25, 0.3) is 0 Å². The Morgan fingerprint density at radius 2 is 0.543 bits per heavy atom. The molecule has 0 radical (unpaired) electrons. The van der Waals surface area contributed by atoms with Crippen molar-refractivity contribution in [2.45, 2.75) is 407 Å². The van der Waals surface area contributed by atoms with Gasteiger partial charge in [0.1, 0.15) is 19.3 Å². The van der Waals surface area contributed by atoms with Crippen LogP contribution in [0, 0.1) is 11.8 Å². The Morgan fingerprint density at radius 1 is 0.309 bits per heavy atom. The molecule has 0 aliphatic heterocycles. The molecule has 17 nitrogen and oxygen atoms in total. The first-order valence-corrected chi connectivity index (χ1v) is 42.0. The highest BCUT2D eigenvalue weighted by Crippen LogP contribution is 2.45. The summed E-state index contributed by atoms with van der Waals surface area (Å²) in [5.74, 6) is -0.584. The molecule has 0 amide bonds. The first-order chi connectivity index (χ1) is 45.4. The molecule has 0 aliphatic rings. The van der Waals surface area contributed by atoms with Crippen LogP contribution in [0.3, 0.4) is 0 Å². The molecule has 3 unspecified atom stereocenters. The summed E-state index contributed by atoms with van der Waals surface area (Å²) in [6.07, 6.45) is 54.4. The Hall–Kier alpha value is -1.94. The van der Waals surface area contributed by atoms with E-state index in [0.717, 1.165) is 115 Å². The average Bonchev–Trinajstić information content (AvgIpc) is 1.69.